The molecule has 5 heteroatoms. The van der Waals surface area contributed by atoms with Crippen LogP contribution in [0.3, 0.4) is 0 Å². The molecule has 2 heterocycles. The molecule has 2 aliphatic heterocycles. The van der Waals surface area contributed by atoms with Gasteiger partial charge < -0.3 is 10.1 Å². The molecule has 0 bridgehead atoms. The molecular weight excluding hydrogens is 424 g/mol. The fourth-order valence-corrected chi connectivity index (χ4v) is 8.61. The Morgan fingerprint density at radius 1 is 1.15 bits per heavy atom. The average molecular weight is 467 g/mol. The number of benzene rings is 1. The van der Waals surface area contributed by atoms with Gasteiger partial charge in [0, 0.05) is 23.9 Å². The highest BCUT2D eigenvalue weighted by molar-refractivity contribution is 5.84. The maximum Gasteiger partial charge on any atom is 0.407 e. The van der Waals surface area contributed by atoms with Crippen LogP contribution in [0, 0.1) is 29.1 Å². The van der Waals surface area contributed by atoms with E-state index in [1.165, 1.54) is 12.8 Å². The lowest BCUT2D eigenvalue weighted by atomic mass is 9.52. The highest BCUT2D eigenvalue weighted by Gasteiger charge is 2.63. The second-order valence-electron chi connectivity index (χ2n) is 12.0. The summed E-state index contributed by atoms with van der Waals surface area (Å²) in [5.41, 5.74) is 1.26. The smallest absolute Gasteiger partial charge is 0.407 e. The van der Waals surface area contributed by atoms with Crippen molar-refractivity contribution in [2.45, 2.75) is 96.9 Å². The number of ether oxygens (including phenoxy) is 1. The number of nitrogens with one attached hydrogen (secondary N) is 1. The van der Waals surface area contributed by atoms with Crippen molar-refractivity contribution in [2.24, 2.45) is 29.1 Å². The first-order chi connectivity index (χ1) is 16.3. The molecule has 0 spiro atoms. The quantitative estimate of drug-likeness (QED) is 0.630. The number of amides is 1. The molecule has 1 N–H and O–H groups in total. The summed E-state index contributed by atoms with van der Waals surface area (Å²) >= 11 is 0. The fourth-order valence-electron chi connectivity index (χ4n) is 8.61. The molecule has 1 amide bonds. The maximum absolute atomic E-state index is 12.9. The van der Waals surface area contributed by atoms with Gasteiger partial charge in [0.05, 0.1) is 6.04 Å². The van der Waals surface area contributed by atoms with E-state index in [2.05, 4.69) is 37.9 Å². The highest BCUT2D eigenvalue weighted by atomic mass is 16.6. The van der Waals surface area contributed by atoms with Gasteiger partial charge in [-0.05, 0) is 88.2 Å². The normalized spacial score (nSPS) is 41.8. The van der Waals surface area contributed by atoms with Gasteiger partial charge in [-0.1, -0.05) is 44.2 Å². The molecule has 2 saturated carbocycles. The predicted molar refractivity (Wildman–Crippen MR) is 133 cm³/mol. The molecule has 2 aliphatic carbocycles. The number of ketones is 1. The molecule has 4 fully saturated rings. The number of hydrogen-bond donors (Lipinski definition) is 1. The Hall–Kier alpha value is -1.88. The van der Waals surface area contributed by atoms with Crippen LogP contribution >= 0.6 is 0 Å². The lowest BCUT2D eigenvalue weighted by Gasteiger charge is -2.62. The van der Waals surface area contributed by atoms with Crippen LogP contribution in [0.1, 0.15) is 78.2 Å². The minimum absolute atomic E-state index is 0.0167. The van der Waals surface area contributed by atoms with E-state index in [-0.39, 0.29) is 29.2 Å². The van der Waals surface area contributed by atoms with E-state index >= 15 is 0 Å². The third-order valence-electron chi connectivity index (χ3n) is 10.5. The Labute approximate surface area is 205 Å². The van der Waals surface area contributed by atoms with Gasteiger partial charge in [0.1, 0.15) is 11.9 Å². The van der Waals surface area contributed by atoms with E-state index in [1.807, 2.05) is 30.3 Å². The van der Waals surface area contributed by atoms with Crippen LogP contribution in [0.5, 0.6) is 0 Å². The highest BCUT2D eigenvalue weighted by Crippen LogP contribution is 2.64. The molecule has 3 unspecified atom stereocenters. The van der Waals surface area contributed by atoms with Gasteiger partial charge in [0.2, 0.25) is 0 Å². The van der Waals surface area contributed by atoms with Gasteiger partial charge in [-0.2, -0.15) is 0 Å². The lowest BCUT2D eigenvalue weighted by molar-refractivity contribution is -0.156. The first-order valence-electron chi connectivity index (χ1n) is 13.6. The van der Waals surface area contributed by atoms with E-state index in [1.54, 1.807) is 0 Å². The van der Waals surface area contributed by atoms with Crippen LogP contribution in [-0.2, 0) is 16.1 Å². The zero-order valence-corrected chi connectivity index (χ0v) is 21.4. The SMILES string of the molecule is CCC1C[C@H]2[C@@H]3CCN4C(C)C(=O)CC[C@]4(C)[C@@H]3CC[C@]2(C)C1OC(=O)NCc1ccccc1. The molecular formula is C29H42N2O3. The summed E-state index contributed by atoms with van der Waals surface area (Å²) in [5, 5.41) is 2.99. The number of hydrogen-bond acceptors (Lipinski definition) is 4. The number of rotatable bonds is 4. The summed E-state index contributed by atoms with van der Waals surface area (Å²) < 4.78 is 6.25. The number of carbonyl (C=O) groups excluding carboxylic acids is 2. The number of nitrogens with zero attached hydrogens (tertiary/aromatic N) is 1. The van der Waals surface area contributed by atoms with Gasteiger partial charge in [-0.15, -0.1) is 0 Å². The Bertz CT molecular complexity index is 919. The van der Waals surface area contributed by atoms with E-state index in [4.69, 9.17) is 4.74 Å². The average Bonchev–Trinajstić information content (AvgIpc) is 3.12. The summed E-state index contributed by atoms with van der Waals surface area (Å²) in [7, 11) is 0. The van der Waals surface area contributed by atoms with Crippen molar-refractivity contribution in [3.63, 3.8) is 0 Å². The second kappa shape index (κ2) is 8.96. The molecule has 1 aromatic carbocycles. The number of fused-ring (bicyclic) bond motifs is 5. The van der Waals surface area contributed by atoms with Crippen molar-refractivity contribution in [3.05, 3.63) is 35.9 Å². The standard InChI is InChI=1S/C29H42N2O3/c1-5-21-17-24-22-13-16-31-19(2)25(32)12-15-29(31,4)23(22)11-14-28(24,3)26(21)34-27(33)30-18-20-9-7-6-8-10-20/h6-10,19,21-24,26H,5,11-18H2,1-4H3,(H,30,33)/t19?,21?,22-,23-,24+,26?,28+,29-/m1/s1. The van der Waals surface area contributed by atoms with E-state index in [0.717, 1.165) is 44.2 Å². The number of piperidine rings is 2. The lowest BCUT2D eigenvalue weighted by Crippen LogP contribution is -2.67. The van der Waals surface area contributed by atoms with E-state index in [0.29, 0.717) is 36.0 Å². The number of carbonyl (C=O) groups is 2. The van der Waals surface area contributed by atoms with Gasteiger partial charge >= 0.3 is 6.09 Å². The van der Waals surface area contributed by atoms with Crippen LogP contribution in [0.4, 0.5) is 4.79 Å². The fraction of sp³-hybridized carbons (Fsp3) is 0.724. The Morgan fingerprint density at radius 3 is 2.65 bits per heavy atom. The minimum Gasteiger partial charge on any atom is -0.445 e. The monoisotopic (exact) mass is 466 g/mol. The first kappa shape index (κ1) is 23.8. The largest absolute Gasteiger partial charge is 0.445 e. The third-order valence-corrected chi connectivity index (χ3v) is 10.5. The summed E-state index contributed by atoms with van der Waals surface area (Å²) in [5.74, 6) is 2.73. The van der Waals surface area contributed by atoms with Crippen LogP contribution < -0.4 is 5.32 Å². The minimum atomic E-state index is -0.280. The van der Waals surface area contributed by atoms with Crippen LogP contribution in [0.2, 0.25) is 0 Å². The van der Waals surface area contributed by atoms with Gasteiger partial charge in [0.15, 0.2) is 0 Å². The molecule has 5 rings (SSSR count). The van der Waals surface area contributed by atoms with E-state index in [9.17, 15) is 9.59 Å². The molecule has 1 aromatic rings. The van der Waals surface area contributed by atoms with Crippen molar-refractivity contribution < 1.29 is 14.3 Å². The van der Waals surface area contributed by atoms with Gasteiger partial charge in [-0.3, -0.25) is 9.69 Å². The topological polar surface area (TPSA) is 58.6 Å². The van der Waals surface area contributed by atoms with Crippen LogP contribution in [-0.4, -0.2) is 41.0 Å². The maximum atomic E-state index is 12.9. The molecule has 5 nitrogen and oxygen atoms in total. The van der Waals surface area contributed by atoms with Crippen molar-refractivity contribution in [2.75, 3.05) is 6.54 Å². The zero-order valence-electron chi connectivity index (χ0n) is 21.4. The number of alkyl carbamates (subject to hydrolysis) is 1. The molecule has 8 atom stereocenters. The van der Waals surface area contributed by atoms with Crippen molar-refractivity contribution in [3.8, 4) is 0 Å². The van der Waals surface area contributed by atoms with Crippen molar-refractivity contribution >= 4 is 11.9 Å². The summed E-state index contributed by atoms with van der Waals surface area (Å²) in [6.07, 6.45) is 7.09. The Kier molecular flexibility index (Phi) is 6.29. The molecule has 0 radical (unpaired) electrons. The molecule has 0 aromatic heterocycles. The molecule has 2 saturated heterocycles. The second-order valence-corrected chi connectivity index (χ2v) is 12.0. The predicted octanol–water partition coefficient (Wildman–Crippen LogP) is 5.58. The molecule has 34 heavy (non-hydrogen) atoms. The van der Waals surface area contributed by atoms with Crippen molar-refractivity contribution in [1.29, 1.82) is 0 Å². The van der Waals surface area contributed by atoms with Crippen molar-refractivity contribution in [1.82, 2.24) is 10.2 Å². The van der Waals surface area contributed by atoms with Gasteiger partial charge in [0.25, 0.3) is 0 Å². The number of Topliss-reactive ketones (excluding diaryl/α,β-unsaturated/α-hetero) is 1. The van der Waals surface area contributed by atoms with Gasteiger partial charge in [-0.25, -0.2) is 4.79 Å². The summed E-state index contributed by atoms with van der Waals surface area (Å²) in [6.45, 7) is 10.7. The van der Waals surface area contributed by atoms with E-state index < -0.39 is 0 Å². The zero-order chi connectivity index (χ0) is 24.1. The summed E-state index contributed by atoms with van der Waals surface area (Å²) in [6, 6.07) is 10.1. The third kappa shape index (κ3) is 3.79. The Morgan fingerprint density at radius 2 is 1.91 bits per heavy atom. The molecule has 4 aliphatic rings. The first-order valence-corrected chi connectivity index (χ1v) is 13.6. The van der Waals surface area contributed by atoms with Crippen LogP contribution in [0.15, 0.2) is 30.3 Å². The Balaban J connectivity index is 1.32. The molecule has 186 valence electrons. The summed E-state index contributed by atoms with van der Waals surface area (Å²) in [4.78, 5) is 27.9. The van der Waals surface area contributed by atoms with Crippen LogP contribution in [0.25, 0.3) is 0 Å².